The molecule has 0 aromatic heterocycles. The zero-order valence-corrected chi connectivity index (χ0v) is 6.30. The lowest BCUT2D eigenvalue weighted by Gasteiger charge is -2.24. The molecule has 1 unspecified atom stereocenters. The lowest BCUT2D eigenvalue weighted by molar-refractivity contribution is 0.276. The molecule has 0 aromatic rings. The fourth-order valence-electron chi connectivity index (χ4n) is 1.25. The lowest BCUT2D eigenvalue weighted by atomic mass is 10.0. The van der Waals surface area contributed by atoms with E-state index in [1.165, 1.54) is 19.3 Å². The van der Waals surface area contributed by atoms with Crippen LogP contribution in [-0.4, -0.2) is 25.0 Å². The molecule has 0 saturated heterocycles. The minimum absolute atomic E-state index is 0.801. The summed E-state index contributed by atoms with van der Waals surface area (Å²) in [5.74, 6) is 0. The van der Waals surface area contributed by atoms with Gasteiger partial charge >= 0.3 is 0 Å². The van der Waals surface area contributed by atoms with Crippen molar-refractivity contribution in [1.82, 2.24) is 4.90 Å². The lowest BCUT2D eigenvalue weighted by Crippen LogP contribution is -2.28. The molecule has 1 atom stereocenters. The molecule has 0 bridgehead atoms. The molecule has 9 heavy (non-hydrogen) atoms. The van der Waals surface area contributed by atoms with Crippen LogP contribution in [0.3, 0.4) is 0 Å². The molecular formula is C8H15N. The van der Waals surface area contributed by atoms with Gasteiger partial charge in [0.05, 0.1) is 0 Å². The predicted octanol–water partition coefficient (Wildman–Crippen LogP) is 1.66. The first kappa shape index (κ1) is 6.81. The third kappa shape index (κ3) is 1.83. The maximum Gasteiger partial charge on any atom is 0.0127 e. The molecule has 1 aliphatic rings. The fourth-order valence-corrected chi connectivity index (χ4v) is 1.25. The number of rotatable bonds is 1. The molecule has 0 aromatic carbocycles. The molecule has 0 aliphatic heterocycles. The Morgan fingerprint density at radius 2 is 2.11 bits per heavy atom. The van der Waals surface area contributed by atoms with Crippen LogP contribution >= 0.6 is 0 Å². The Balaban J connectivity index is 2.35. The number of allylic oxidation sites excluding steroid dienone is 1. The molecule has 52 valence electrons. The number of hydrogen-bond acceptors (Lipinski definition) is 1. The monoisotopic (exact) mass is 125 g/mol. The fraction of sp³-hybridized carbons (Fsp3) is 0.750. The third-order valence-corrected chi connectivity index (χ3v) is 1.97. The number of hydrogen-bond donors (Lipinski definition) is 0. The van der Waals surface area contributed by atoms with Crippen LogP contribution in [0.15, 0.2) is 12.2 Å². The third-order valence-electron chi connectivity index (χ3n) is 1.97. The van der Waals surface area contributed by atoms with Gasteiger partial charge in [-0.1, -0.05) is 12.2 Å². The Morgan fingerprint density at radius 1 is 1.33 bits per heavy atom. The summed E-state index contributed by atoms with van der Waals surface area (Å²) in [7, 11) is 4.31. The van der Waals surface area contributed by atoms with E-state index in [9.17, 15) is 0 Å². The SMILES string of the molecule is CN(C)C1CC=CCC1. The van der Waals surface area contributed by atoms with E-state index in [1.807, 2.05) is 0 Å². The maximum absolute atomic E-state index is 2.31. The molecule has 0 spiro atoms. The van der Waals surface area contributed by atoms with Crippen molar-refractivity contribution >= 4 is 0 Å². The second kappa shape index (κ2) is 3.02. The highest BCUT2D eigenvalue weighted by atomic mass is 15.1. The average molecular weight is 125 g/mol. The zero-order chi connectivity index (χ0) is 6.69. The Hall–Kier alpha value is -0.300. The molecule has 0 radical (unpaired) electrons. The summed E-state index contributed by atoms with van der Waals surface area (Å²) < 4.78 is 0. The van der Waals surface area contributed by atoms with E-state index >= 15 is 0 Å². The highest BCUT2D eigenvalue weighted by molar-refractivity contribution is 4.92. The Morgan fingerprint density at radius 3 is 2.44 bits per heavy atom. The van der Waals surface area contributed by atoms with Crippen molar-refractivity contribution in [2.45, 2.75) is 25.3 Å². The molecule has 0 heterocycles. The van der Waals surface area contributed by atoms with Gasteiger partial charge in [-0.25, -0.2) is 0 Å². The highest BCUT2D eigenvalue weighted by Gasteiger charge is 2.10. The molecule has 0 saturated carbocycles. The largest absolute Gasteiger partial charge is 0.306 e. The van der Waals surface area contributed by atoms with Crippen LogP contribution in [0, 0.1) is 0 Å². The van der Waals surface area contributed by atoms with E-state index in [-0.39, 0.29) is 0 Å². The summed E-state index contributed by atoms with van der Waals surface area (Å²) >= 11 is 0. The summed E-state index contributed by atoms with van der Waals surface area (Å²) in [4.78, 5) is 2.31. The first-order chi connectivity index (χ1) is 4.30. The van der Waals surface area contributed by atoms with Gasteiger partial charge in [0, 0.05) is 6.04 Å². The molecule has 0 amide bonds. The van der Waals surface area contributed by atoms with Crippen LogP contribution in [0.5, 0.6) is 0 Å². The first-order valence-corrected chi connectivity index (χ1v) is 3.62. The van der Waals surface area contributed by atoms with Gasteiger partial charge in [0.1, 0.15) is 0 Å². The van der Waals surface area contributed by atoms with Gasteiger partial charge in [-0.3, -0.25) is 0 Å². The average Bonchev–Trinajstić information content (AvgIpc) is 1.90. The number of nitrogens with zero attached hydrogens (tertiary/aromatic N) is 1. The Labute approximate surface area is 57.4 Å². The second-order valence-electron chi connectivity index (χ2n) is 2.90. The van der Waals surface area contributed by atoms with Crippen molar-refractivity contribution in [1.29, 1.82) is 0 Å². The van der Waals surface area contributed by atoms with Crippen LogP contribution in [0.2, 0.25) is 0 Å². The summed E-state index contributed by atoms with van der Waals surface area (Å²) in [6.45, 7) is 0. The van der Waals surface area contributed by atoms with Crippen LogP contribution in [-0.2, 0) is 0 Å². The minimum Gasteiger partial charge on any atom is -0.306 e. The van der Waals surface area contributed by atoms with Gasteiger partial charge in [-0.2, -0.15) is 0 Å². The van der Waals surface area contributed by atoms with Gasteiger partial charge < -0.3 is 4.90 Å². The normalized spacial score (nSPS) is 27.2. The van der Waals surface area contributed by atoms with E-state index in [1.54, 1.807) is 0 Å². The molecular weight excluding hydrogens is 110 g/mol. The molecule has 1 rings (SSSR count). The van der Waals surface area contributed by atoms with E-state index < -0.39 is 0 Å². The summed E-state index contributed by atoms with van der Waals surface area (Å²) in [6.07, 6.45) is 8.41. The Bertz CT molecular complexity index is 105. The molecule has 0 N–H and O–H groups in total. The highest BCUT2D eigenvalue weighted by Crippen LogP contribution is 2.13. The molecule has 1 aliphatic carbocycles. The van der Waals surface area contributed by atoms with E-state index in [2.05, 4.69) is 31.1 Å². The van der Waals surface area contributed by atoms with Crippen molar-refractivity contribution < 1.29 is 0 Å². The quantitative estimate of drug-likeness (QED) is 0.482. The van der Waals surface area contributed by atoms with E-state index in [0.29, 0.717) is 0 Å². The predicted molar refractivity (Wildman–Crippen MR) is 40.5 cm³/mol. The smallest absolute Gasteiger partial charge is 0.0127 e. The summed E-state index contributed by atoms with van der Waals surface area (Å²) in [5.41, 5.74) is 0. The van der Waals surface area contributed by atoms with E-state index in [0.717, 1.165) is 6.04 Å². The van der Waals surface area contributed by atoms with Gasteiger partial charge in [0.2, 0.25) is 0 Å². The van der Waals surface area contributed by atoms with Crippen LogP contribution in [0.25, 0.3) is 0 Å². The second-order valence-corrected chi connectivity index (χ2v) is 2.90. The standard InChI is InChI=1S/C8H15N/c1-9(2)8-6-4-3-5-7-8/h3-4,8H,5-7H2,1-2H3. The van der Waals surface area contributed by atoms with Crippen LogP contribution in [0.1, 0.15) is 19.3 Å². The molecule has 1 nitrogen and oxygen atoms in total. The van der Waals surface area contributed by atoms with Crippen molar-refractivity contribution in [3.63, 3.8) is 0 Å². The maximum atomic E-state index is 2.31. The van der Waals surface area contributed by atoms with Gasteiger partial charge in [-0.15, -0.1) is 0 Å². The molecule has 1 heteroatoms. The first-order valence-electron chi connectivity index (χ1n) is 3.62. The van der Waals surface area contributed by atoms with Gasteiger partial charge in [0.25, 0.3) is 0 Å². The van der Waals surface area contributed by atoms with Gasteiger partial charge in [-0.05, 0) is 33.4 Å². The molecule has 0 fully saturated rings. The minimum atomic E-state index is 0.801. The van der Waals surface area contributed by atoms with Crippen LogP contribution in [0.4, 0.5) is 0 Å². The van der Waals surface area contributed by atoms with Crippen molar-refractivity contribution in [3.05, 3.63) is 12.2 Å². The van der Waals surface area contributed by atoms with Crippen LogP contribution < -0.4 is 0 Å². The van der Waals surface area contributed by atoms with Crippen molar-refractivity contribution in [2.75, 3.05) is 14.1 Å². The Kier molecular flexibility index (Phi) is 2.29. The van der Waals surface area contributed by atoms with Crippen molar-refractivity contribution in [3.8, 4) is 0 Å². The van der Waals surface area contributed by atoms with E-state index in [4.69, 9.17) is 0 Å². The zero-order valence-electron chi connectivity index (χ0n) is 6.30. The summed E-state index contributed by atoms with van der Waals surface area (Å²) in [5, 5.41) is 0. The van der Waals surface area contributed by atoms with Gasteiger partial charge in [0.15, 0.2) is 0 Å². The summed E-state index contributed by atoms with van der Waals surface area (Å²) in [6, 6.07) is 0.801. The topological polar surface area (TPSA) is 3.24 Å². The van der Waals surface area contributed by atoms with Crippen molar-refractivity contribution in [2.24, 2.45) is 0 Å².